The fraction of sp³-hybridized carbons (Fsp3) is 0.207. The molecule has 194 valence electrons. The number of hydrogen-bond donors (Lipinski definition) is 2. The van der Waals surface area contributed by atoms with Gasteiger partial charge in [-0.2, -0.15) is 0 Å². The number of benzene rings is 2. The van der Waals surface area contributed by atoms with Crippen molar-refractivity contribution in [3.05, 3.63) is 101 Å². The van der Waals surface area contributed by atoms with Crippen molar-refractivity contribution in [3.63, 3.8) is 0 Å². The van der Waals surface area contributed by atoms with Gasteiger partial charge < -0.3 is 29.4 Å². The molecule has 8 nitrogen and oxygen atoms in total. The molecule has 0 aliphatic carbocycles. The number of aryl methyl sites for hydroxylation is 1. The van der Waals surface area contributed by atoms with Gasteiger partial charge in [0.15, 0.2) is 5.11 Å². The third-order valence-corrected chi connectivity index (χ3v) is 7.20. The molecule has 2 aromatic carbocycles. The molecule has 0 amide bonds. The molecule has 4 aromatic rings. The minimum atomic E-state index is -0.966. The predicted octanol–water partition coefficient (Wildman–Crippen LogP) is 5.38. The second kappa shape index (κ2) is 10.2. The van der Waals surface area contributed by atoms with Crippen LogP contribution in [-0.2, 0) is 0 Å². The fourth-order valence-corrected chi connectivity index (χ4v) is 5.52. The van der Waals surface area contributed by atoms with Crippen molar-refractivity contribution in [2.75, 3.05) is 19.1 Å². The van der Waals surface area contributed by atoms with E-state index in [1.54, 1.807) is 38.6 Å². The molecule has 38 heavy (non-hydrogen) atoms. The van der Waals surface area contributed by atoms with E-state index < -0.39 is 5.97 Å². The van der Waals surface area contributed by atoms with Crippen LogP contribution in [0.2, 0.25) is 0 Å². The Kier molecular flexibility index (Phi) is 6.77. The first-order valence-corrected chi connectivity index (χ1v) is 12.5. The van der Waals surface area contributed by atoms with Gasteiger partial charge in [0.2, 0.25) is 0 Å². The zero-order valence-electron chi connectivity index (χ0n) is 21.5. The van der Waals surface area contributed by atoms with E-state index in [4.69, 9.17) is 21.7 Å². The van der Waals surface area contributed by atoms with Gasteiger partial charge in [0.25, 0.3) is 0 Å². The van der Waals surface area contributed by atoms with Crippen LogP contribution in [0.15, 0.2) is 72.9 Å². The van der Waals surface area contributed by atoms with Gasteiger partial charge in [-0.15, -0.1) is 0 Å². The highest BCUT2D eigenvalue weighted by molar-refractivity contribution is 7.80. The lowest BCUT2D eigenvalue weighted by atomic mass is 9.96. The lowest BCUT2D eigenvalue weighted by molar-refractivity contribution is 0.0697. The quantitative estimate of drug-likeness (QED) is 0.309. The van der Waals surface area contributed by atoms with E-state index in [9.17, 15) is 9.90 Å². The van der Waals surface area contributed by atoms with Crippen LogP contribution in [0.4, 0.5) is 5.69 Å². The van der Waals surface area contributed by atoms with Crippen LogP contribution >= 0.6 is 12.2 Å². The smallest absolute Gasteiger partial charge is 0.335 e. The molecule has 0 saturated carbocycles. The predicted molar refractivity (Wildman–Crippen MR) is 150 cm³/mol. The van der Waals surface area contributed by atoms with Crippen LogP contribution in [0.5, 0.6) is 11.5 Å². The molecular formula is C29H28N4O4S. The average Bonchev–Trinajstić information content (AvgIpc) is 3.43. The molecule has 1 aliphatic rings. The highest BCUT2D eigenvalue weighted by Crippen LogP contribution is 2.47. The largest absolute Gasteiger partial charge is 0.497 e. The number of carboxylic acid groups (broad SMARTS) is 1. The number of methoxy groups -OCH3 is 2. The molecule has 0 radical (unpaired) electrons. The Bertz CT molecular complexity index is 1520. The Morgan fingerprint density at radius 1 is 1.03 bits per heavy atom. The Morgan fingerprint density at radius 2 is 1.84 bits per heavy atom. The second-order valence-electron chi connectivity index (χ2n) is 9.05. The van der Waals surface area contributed by atoms with Crippen LogP contribution in [0.3, 0.4) is 0 Å². The number of nitrogens with zero attached hydrogens (tertiary/aromatic N) is 3. The summed E-state index contributed by atoms with van der Waals surface area (Å²) in [5.41, 5.74) is 5.59. The molecular weight excluding hydrogens is 500 g/mol. The summed E-state index contributed by atoms with van der Waals surface area (Å²) < 4.78 is 13.3. The van der Waals surface area contributed by atoms with Crippen LogP contribution in [-0.4, -0.2) is 40.0 Å². The number of pyridine rings is 1. The fourth-order valence-electron chi connectivity index (χ4n) is 5.18. The lowest BCUT2D eigenvalue weighted by Crippen LogP contribution is -2.30. The molecule has 0 bridgehead atoms. The van der Waals surface area contributed by atoms with Gasteiger partial charge in [0.1, 0.15) is 11.5 Å². The van der Waals surface area contributed by atoms with Crippen molar-refractivity contribution >= 4 is 29.0 Å². The summed E-state index contributed by atoms with van der Waals surface area (Å²) in [5.74, 6) is 0.371. The summed E-state index contributed by atoms with van der Waals surface area (Å²) in [6.45, 7) is 4.05. The number of anilines is 1. The van der Waals surface area contributed by atoms with E-state index in [1.165, 1.54) is 0 Å². The van der Waals surface area contributed by atoms with E-state index >= 15 is 0 Å². The van der Waals surface area contributed by atoms with Crippen LogP contribution in [0.25, 0.3) is 5.69 Å². The maximum atomic E-state index is 11.6. The standard InChI is InChI=1S/C29H28N4O4S/c1-17-14-22(18(2)32(17)20-9-7-8-19(15-20)28(34)35)27-26(23-10-5-6-13-30-23)31-29(38)33(27)24-16-21(36-3)11-12-25(24)37-4/h5-16,26-27H,1-4H3,(H,31,38)(H,34,35)/t26-,27-/m0/s1. The summed E-state index contributed by atoms with van der Waals surface area (Å²) in [4.78, 5) is 18.3. The summed E-state index contributed by atoms with van der Waals surface area (Å²) in [7, 11) is 3.25. The highest BCUT2D eigenvalue weighted by Gasteiger charge is 2.43. The average molecular weight is 529 g/mol. The normalized spacial score (nSPS) is 16.8. The second-order valence-corrected chi connectivity index (χ2v) is 9.44. The zero-order valence-corrected chi connectivity index (χ0v) is 22.3. The minimum absolute atomic E-state index is 0.231. The molecule has 1 fully saturated rings. The van der Waals surface area contributed by atoms with Crippen LogP contribution < -0.4 is 19.7 Å². The van der Waals surface area contributed by atoms with Crippen LogP contribution in [0.1, 0.15) is 45.1 Å². The lowest BCUT2D eigenvalue weighted by Gasteiger charge is -2.29. The van der Waals surface area contributed by atoms with E-state index in [0.29, 0.717) is 16.6 Å². The van der Waals surface area contributed by atoms with E-state index in [0.717, 1.165) is 34.0 Å². The Morgan fingerprint density at radius 3 is 2.53 bits per heavy atom. The van der Waals surface area contributed by atoms with Crippen molar-refractivity contribution in [1.82, 2.24) is 14.9 Å². The zero-order chi connectivity index (χ0) is 27.0. The van der Waals surface area contributed by atoms with E-state index in [2.05, 4.69) is 25.8 Å². The van der Waals surface area contributed by atoms with Crippen LogP contribution in [0, 0.1) is 13.8 Å². The first-order chi connectivity index (χ1) is 18.3. The summed E-state index contributed by atoms with van der Waals surface area (Å²) >= 11 is 5.90. The maximum absolute atomic E-state index is 11.6. The number of ether oxygens (including phenoxy) is 2. The van der Waals surface area contributed by atoms with Gasteiger partial charge in [-0.1, -0.05) is 12.1 Å². The number of nitrogens with one attached hydrogen (secondary N) is 1. The monoisotopic (exact) mass is 528 g/mol. The summed E-state index contributed by atoms with van der Waals surface area (Å²) in [5, 5.41) is 13.6. The van der Waals surface area contributed by atoms with Crippen molar-refractivity contribution < 1.29 is 19.4 Å². The molecule has 0 spiro atoms. The summed E-state index contributed by atoms with van der Waals surface area (Å²) in [6, 6.07) is 20.0. The number of hydrogen-bond acceptors (Lipinski definition) is 5. The highest BCUT2D eigenvalue weighted by atomic mass is 32.1. The Balaban J connectivity index is 1.71. The molecule has 0 unspecified atom stereocenters. The van der Waals surface area contributed by atoms with Gasteiger partial charge in [-0.05, 0) is 80.2 Å². The van der Waals surface area contributed by atoms with Crippen molar-refractivity contribution in [2.45, 2.75) is 25.9 Å². The van der Waals surface area contributed by atoms with Gasteiger partial charge in [0, 0.05) is 29.3 Å². The SMILES string of the molecule is COc1ccc(OC)c(N2C(=S)N[C@@H](c3ccccn3)[C@@H]2c2cc(C)n(-c3cccc(C(=O)O)c3)c2C)c1. The molecule has 3 heterocycles. The molecule has 1 saturated heterocycles. The molecule has 2 N–H and O–H groups in total. The van der Waals surface area contributed by atoms with Crippen molar-refractivity contribution in [3.8, 4) is 17.2 Å². The first-order valence-electron chi connectivity index (χ1n) is 12.1. The van der Waals surface area contributed by atoms with Gasteiger partial charge in [0.05, 0.1) is 43.2 Å². The van der Waals surface area contributed by atoms with E-state index in [1.807, 2.05) is 56.3 Å². The summed E-state index contributed by atoms with van der Waals surface area (Å²) in [6.07, 6.45) is 1.77. The molecule has 5 rings (SSSR count). The number of carboxylic acids is 1. The number of carbonyl (C=O) groups is 1. The van der Waals surface area contributed by atoms with Gasteiger partial charge in [-0.25, -0.2) is 4.79 Å². The topological polar surface area (TPSA) is 88.9 Å². The van der Waals surface area contributed by atoms with E-state index in [-0.39, 0.29) is 17.6 Å². The maximum Gasteiger partial charge on any atom is 0.335 e. The third-order valence-electron chi connectivity index (χ3n) is 6.88. The Labute approximate surface area is 226 Å². The number of aromatic carboxylic acids is 1. The van der Waals surface area contributed by atoms with Crippen molar-refractivity contribution in [2.24, 2.45) is 0 Å². The van der Waals surface area contributed by atoms with Gasteiger partial charge >= 0.3 is 5.97 Å². The molecule has 9 heteroatoms. The number of thiocarbonyl (C=S) groups is 1. The van der Waals surface area contributed by atoms with Gasteiger partial charge in [-0.3, -0.25) is 4.98 Å². The number of aromatic nitrogens is 2. The Hall–Kier alpha value is -4.37. The molecule has 2 aromatic heterocycles. The molecule has 2 atom stereocenters. The van der Waals surface area contributed by atoms with Crippen molar-refractivity contribution in [1.29, 1.82) is 0 Å². The molecule has 1 aliphatic heterocycles. The first kappa shape index (κ1) is 25.3. The third kappa shape index (κ3) is 4.35. The minimum Gasteiger partial charge on any atom is -0.497 e. The number of rotatable bonds is 7.